The summed E-state index contributed by atoms with van der Waals surface area (Å²) < 4.78 is 0.793. The molecule has 0 atom stereocenters. The highest BCUT2D eigenvalue weighted by molar-refractivity contribution is 9.10. The quantitative estimate of drug-likeness (QED) is 0.704. The van der Waals surface area contributed by atoms with Crippen molar-refractivity contribution >= 4 is 33.2 Å². The van der Waals surface area contributed by atoms with E-state index in [2.05, 4.69) is 38.4 Å². The van der Waals surface area contributed by atoms with Crippen molar-refractivity contribution in [3.8, 4) is 0 Å². The standard InChI is InChI=1S/C18H15BrN2OS/c19-16-9-5-4-8-15(16)18(22)21-12-17-20-11-14(23-17)10-13-6-2-1-3-7-13/h1-9,11H,10,12H2,(H,21,22). The molecule has 3 aromatic rings. The summed E-state index contributed by atoms with van der Waals surface area (Å²) in [6.45, 7) is 0.444. The zero-order chi connectivity index (χ0) is 16.1. The first-order valence-corrected chi connectivity index (χ1v) is 8.83. The minimum absolute atomic E-state index is 0.0997. The lowest BCUT2D eigenvalue weighted by Crippen LogP contribution is -2.23. The lowest BCUT2D eigenvalue weighted by atomic mass is 10.1. The van der Waals surface area contributed by atoms with E-state index in [0.29, 0.717) is 12.1 Å². The molecule has 0 fully saturated rings. The third-order valence-corrected chi connectivity index (χ3v) is 5.03. The van der Waals surface area contributed by atoms with E-state index in [9.17, 15) is 4.79 Å². The molecule has 3 nitrogen and oxygen atoms in total. The molecule has 0 bridgehead atoms. The van der Waals surface area contributed by atoms with Gasteiger partial charge in [0, 0.05) is 22.0 Å². The average molecular weight is 387 g/mol. The van der Waals surface area contributed by atoms with Crippen molar-refractivity contribution in [2.45, 2.75) is 13.0 Å². The molecule has 1 N–H and O–H groups in total. The van der Waals surface area contributed by atoms with Crippen LogP contribution in [0.1, 0.15) is 25.8 Å². The van der Waals surface area contributed by atoms with Crippen molar-refractivity contribution < 1.29 is 4.79 Å². The van der Waals surface area contributed by atoms with Crippen LogP contribution < -0.4 is 5.32 Å². The lowest BCUT2D eigenvalue weighted by molar-refractivity contribution is 0.0950. The van der Waals surface area contributed by atoms with Gasteiger partial charge in [0.2, 0.25) is 0 Å². The van der Waals surface area contributed by atoms with Crippen LogP contribution in [0.3, 0.4) is 0 Å². The summed E-state index contributed by atoms with van der Waals surface area (Å²) in [5, 5.41) is 3.83. The Morgan fingerprint density at radius 2 is 1.83 bits per heavy atom. The minimum atomic E-state index is -0.0997. The largest absolute Gasteiger partial charge is 0.345 e. The van der Waals surface area contributed by atoms with Crippen LogP contribution in [0.2, 0.25) is 0 Å². The molecule has 0 radical (unpaired) electrons. The Bertz CT molecular complexity index is 802. The molecular formula is C18H15BrN2OS. The van der Waals surface area contributed by atoms with Crippen molar-refractivity contribution in [1.29, 1.82) is 0 Å². The van der Waals surface area contributed by atoms with Crippen LogP contribution in [0.4, 0.5) is 0 Å². The number of carbonyl (C=O) groups excluding carboxylic acids is 1. The third-order valence-electron chi connectivity index (χ3n) is 3.34. The van der Waals surface area contributed by atoms with Crippen molar-refractivity contribution in [2.75, 3.05) is 0 Å². The van der Waals surface area contributed by atoms with Gasteiger partial charge in [-0.05, 0) is 33.6 Å². The molecule has 1 amide bonds. The second-order valence-corrected chi connectivity index (χ2v) is 7.10. The first-order valence-electron chi connectivity index (χ1n) is 7.22. The van der Waals surface area contributed by atoms with E-state index in [0.717, 1.165) is 15.9 Å². The number of rotatable bonds is 5. The summed E-state index contributed by atoms with van der Waals surface area (Å²) in [4.78, 5) is 17.8. The molecule has 1 aromatic heterocycles. The van der Waals surface area contributed by atoms with E-state index in [1.807, 2.05) is 42.6 Å². The fourth-order valence-corrected chi connectivity index (χ4v) is 3.57. The van der Waals surface area contributed by atoms with Gasteiger partial charge in [0.1, 0.15) is 5.01 Å². The summed E-state index contributed by atoms with van der Waals surface area (Å²) >= 11 is 5.02. The predicted octanol–water partition coefficient (Wildman–Crippen LogP) is 4.43. The van der Waals surface area contributed by atoms with Gasteiger partial charge in [0.25, 0.3) is 5.91 Å². The highest BCUT2D eigenvalue weighted by Crippen LogP contribution is 2.18. The van der Waals surface area contributed by atoms with Gasteiger partial charge < -0.3 is 5.32 Å². The van der Waals surface area contributed by atoms with Crippen LogP contribution in [0.25, 0.3) is 0 Å². The second kappa shape index (κ2) is 7.53. The summed E-state index contributed by atoms with van der Waals surface area (Å²) in [6, 6.07) is 17.7. The van der Waals surface area contributed by atoms with Crippen molar-refractivity contribution in [2.24, 2.45) is 0 Å². The van der Waals surface area contributed by atoms with Gasteiger partial charge in [-0.2, -0.15) is 0 Å². The number of amides is 1. The Balaban J connectivity index is 1.59. The number of aromatic nitrogens is 1. The third kappa shape index (κ3) is 4.27. The van der Waals surface area contributed by atoms with E-state index < -0.39 is 0 Å². The normalized spacial score (nSPS) is 10.5. The molecule has 1 heterocycles. The predicted molar refractivity (Wildman–Crippen MR) is 96.7 cm³/mol. The number of hydrogen-bond donors (Lipinski definition) is 1. The maximum absolute atomic E-state index is 12.2. The number of benzene rings is 2. The van der Waals surface area contributed by atoms with Crippen molar-refractivity contribution in [1.82, 2.24) is 10.3 Å². The molecular weight excluding hydrogens is 372 g/mol. The molecule has 23 heavy (non-hydrogen) atoms. The monoisotopic (exact) mass is 386 g/mol. The summed E-state index contributed by atoms with van der Waals surface area (Å²) in [5.41, 5.74) is 1.90. The minimum Gasteiger partial charge on any atom is -0.345 e. The topological polar surface area (TPSA) is 42.0 Å². The molecule has 0 aliphatic carbocycles. The number of halogens is 1. The van der Waals surface area contributed by atoms with Gasteiger partial charge in [0.05, 0.1) is 12.1 Å². The van der Waals surface area contributed by atoms with Crippen LogP contribution in [0, 0.1) is 0 Å². The molecule has 0 saturated carbocycles. The van der Waals surface area contributed by atoms with Crippen LogP contribution in [-0.2, 0) is 13.0 Å². The maximum atomic E-state index is 12.2. The number of nitrogens with one attached hydrogen (secondary N) is 1. The molecule has 3 rings (SSSR count). The smallest absolute Gasteiger partial charge is 0.252 e. The number of nitrogens with zero attached hydrogens (tertiary/aromatic N) is 1. The van der Waals surface area contributed by atoms with Gasteiger partial charge in [-0.1, -0.05) is 42.5 Å². The number of hydrogen-bond acceptors (Lipinski definition) is 3. The van der Waals surface area contributed by atoms with Gasteiger partial charge in [-0.25, -0.2) is 4.98 Å². The fourth-order valence-electron chi connectivity index (χ4n) is 2.20. The Kier molecular flexibility index (Phi) is 5.20. The van der Waals surface area contributed by atoms with E-state index >= 15 is 0 Å². The SMILES string of the molecule is O=C(NCc1ncc(Cc2ccccc2)s1)c1ccccc1Br. The zero-order valence-electron chi connectivity index (χ0n) is 12.3. The zero-order valence-corrected chi connectivity index (χ0v) is 14.7. The number of carbonyl (C=O) groups is 1. The highest BCUT2D eigenvalue weighted by Gasteiger charge is 2.10. The van der Waals surface area contributed by atoms with Gasteiger partial charge in [-0.3, -0.25) is 4.79 Å². The fraction of sp³-hybridized carbons (Fsp3) is 0.111. The van der Waals surface area contributed by atoms with E-state index in [-0.39, 0.29) is 5.91 Å². The van der Waals surface area contributed by atoms with Crippen molar-refractivity contribution in [3.63, 3.8) is 0 Å². The maximum Gasteiger partial charge on any atom is 0.252 e. The Hall–Kier alpha value is -1.98. The Morgan fingerprint density at radius 3 is 2.61 bits per heavy atom. The molecule has 116 valence electrons. The lowest BCUT2D eigenvalue weighted by Gasteiger charge is -2.04. The molecule has 0 aliphatic heterocycles. The summed E-state index contributed by atoms with van der Waals surface area (Å²) in [7, 11) is 0. The molecule has 2 aromatic carbocycles. The summed E-state index contributed by atoms with van der Waals surface area (Å²) in [5.74, 6) is -0.0997. The summed E-state index contributed by atoms with van der Waals surface area (Å²) in [6.07, 6.45) is 2.76. The van der Waals surface area contributed by atoms with Crippen LogP contribution in [0.15, 0.2) is 65.3 Å². The molecule has 0 unspecified atom stereocenters. The van der Waals surface area contributed by atoms with Gasteiger partial charge >= 0.3 is 0 Å². The van der Waals surface area contributed by atoms with Crippen LogP contribution >= 0.6 is 27.3 Å². The molecule has 5 heteroatoms. The van der Waals surface area contributed by atoms with Crippen LogP contribution in [0.5, 0.6) is 0 Å². The molecule has 0 saturated heterocycles. The molecule has 0 spiro atoms. The molecule has 0 aliphatic rings. The Labute approximate surface area is 147 Å². The van der Waals surface area contributed by atoms with Crippen LogP contribution in [-0.4, -0.2) is 10.9 Å². The van der Waals surface area contributed by atoms with E-state index in [1.165, 1.54) is 10.4 Å². The Morgan fingerprint density at radius 1 is 1.09 bits per heavy atom. The average Bonchev–Trinajstić information content (AvgIpc) is 3.01. The van der Waals surface area contributed by atoms with Gasteiger partial charge in [-0.15, -0.1) is 11.3 Å². The van der Waals surface area contributed by atoms with Crippen molar-refractivity contribution in [3.05, 3.63) is 86.3 Å². The van der Waals surface area contributed by atoms with Gasteiger partial charge in [0.15, 0.2) is 0 Å². The number of thiazole rings is 1. The second-order valence-electron chi connectivity index (χ2n) is 5.05. The first kappa shape index (κ1) is 15.9. The van der Waals surface area contributed by atoms with E-state index in [1.54, 1.807) is 17.4 Å². The van der Waals surface area contributed by atoms with E-state index in [4.69, 9.17) is 0 Å². The highest BCUT2D eigenvalue weighted by atomic mass is 79.9. The first-order chi connectivity index (χ1) is 11.2.